The Bertz CT molecular complexity index is 1060. The highest BCUT2D eigenvalue weighted by Crippen LogP contribution is 2.54. The van der Waals surface area contributed by atoms with Crippen LogP contribution in [0.4, 0.5) is 5.69 Å². The lowest BCUT2D eigenvalue weighted by atomic mass is 9.77. The first kappa shape index (κ1) is 23.8. The second-order valence-electron chi connectivity index (χ2n) is 9.87. The minimum Gasteiger partial charge on any atom is -0.394 e. The van der Waals surface area contributed by atoms with Crippen LogP contribution in [0.25, 0.3) is 0 Å². The number of nitrogens with zero attached hydrogens (tertiary/aromatic N) is 3. The van der Waals surface area contributed by atoms with Gasteiger partial charge in [0.05, 0.1) is 30.6 Å². The summed E-state index contributed by atoms with van der Waals surface area (Å²) in [7, 11) is 0. The number of amides is 3. The monoisotopic (exact) mass is 479 g/mol. The average molecular weight is 480 g/mol. The fraction of sp³-hybridized carbons (Fsp3) is 0.519. The van der Waals surface area contributed by atoms with E-state index in [9.17, 15) is 19.5 Å². The maximum Gasteiger partial charge on any atom is 0.249 e. The van der Waals surface area contributed by atoms with Gasteiger partial charge in [-0.05, 0) is 25.5 Å². The lowest BCUT2D eigenvalue weighted by Crippen LogP contribution is -2.57. The number of fused-ring (bicyclic) bond motifs is 2. The van der Waals surface area contributed by atoms with Crippen molar-refractivity contribution in [3.05, 3.63) is 54.6 Å². The van der Waals surface area contributed by atoms with Gasteiger partial charge in [0.25, 0.3) is 0 Å². The second kappa shape index (κ2) is 9.24. The molecule has 8 nitrogen and oxygen atoms in total. The van der Waals surface area contributed by atoms with Crippen molar-refractivity contribution in [3.63, 3.8) is 0 Å². The normalized spacial score (nSPS) is 32.9. The summed E-state index contributed by atoms with van der Waals surface area (Å²) in [5, 5.41) is 9.98. The smallest absolute Gasteiger partial charge is 0.249 e. The Labute approximate surface area is 205 Å². The number of carbonyl (C=O) groups is 3. The summed E-state index contributed by atoms with van der Waals surface area (Å²) in [4.78, 5) is 46.8. The molecule has 2 saturated heterocycles. The summed E-state index contributed by atoms with van der Waals surface area (Å²) in [6.07, 6.45) is 8.69. The predicted octanol–water partition coefficient (Wildman–Crippen LogP) is 1.75. The maximum absolute atomic E-state index is 14.0. The van der Waals surface area contributed by atoms with Crippen molar-refractivity contribution in [1.82, 2.24) is 9.80 Å². The SMILES string of the molecule is CCCCN1CC=C[C@]23O[C@H]4C=CCN(c5ccccc5)C(=O)[C@H]4[C@H]2C(=O)N([C@H](C)CO)C3C1=O. The summed E-state index contributed by atoms with van der Waals surface area (Å²) in [5.41, 5.74) is -0.502. The summed E-state index contributed by atoms with van der Waals surface area (Å²) in [6.45, 7) is 4.91. The molecule has 5 rings (SSSR count). The number of aliphatic hydroxyl groups excluding tert-OH is 1. The number of unbranched alkanes of at least 4 members (excludes halogenated alkanes) is 1. The van der Waals surface area contributed by atoms with Gasteiger partial charge in [0.1, 0.15) is 11.6 Å². The van der Waals surface area contributed by atoms with Gasteiger partial charge in [-0.25, -0.2) is 0 Å². The van der Waals surface area contributed by atoms with Crippen molar-refractivity contribution in [2.24, 2.45) is 11.8 Å². The number of hydrogen-bond donors (Lipinski definition) is 1. The van der Waals surface area contributed by atoms with Crippen LogP contribution in [0.1, 0.15) is 26.7 Å². The molecule has 2 fully saturated rings. The molecule has 1 spiro atoms. The Morgan fingerprint density at radius 2 is 1.86 bits per heavy atom. The van der Waals surface area contributed by atoms with E-state index in [0.717, 1.165) is 18.5 Å². The molecule has 1 unspecified atom stereocenters. The van der Waals surface area contributed by atoms with Crippen molar-refractivity contribution in [2.45, 2.75) is 50.5 Å². The molecule has 6 atom stereocenters. The number of anilines is 1. The van der Waals surface area contributed by atoms with Crippen LogP contribution in [0.5, 0.6) is 0 Å². The van der Waals surface area contributed by atoms with E-state index in [-0.39, 0.29) is 24.3 Å². The third kappa shape index (κ3) is 3.62. The molecule has 4 aliphatic heterocycles. The molecular formula is C27H33N3O5. The number of carbonyl (C=O) groups excluding carboxylic acids is 3. The van der Waals surface area contributed by atoms with E-state index in [4.69, 9.17) is 4.74 Å². The third-order valence-electron chi connectivity index (χ3n) is 7.77. The maximum atomic E-state index is 14.0. The Hall–Kier alpha value is -2.97. The molecule has 186 valence electrons. The van der Waals surface area contributed by atoms with E-state index in [0.29, 0.717) is 19.6 Å². The van der Waals surface area contributed by atoms with E-state index in [1.165, 1.54) is 4.90 Å². The van der Waals surface area contributed by atoms with Gasteiger partial charge in [-0.3, -0.25) is 14.4 Å². The summed E-state index contributed by atoms with van der Waals surface area (Å²) >= 11 is 0. The number of hydrogen-bond acceptors (Lipinski definition) is 5. The number of ether oxygens (including phenoxy) is 1. The number of aliphatic hydroxyl groups is 1. The van der Waals surface area contributed by atoms with Crippen molar-refractivity contribution >= 4 is 23.4 Å². The van der Waals surface area contributed by atoms with Gasteiger partial charge in [-0.15, -0.1) is 0 Å². The van der Waals surface area contributed by atoms with E-state index in [1.54, 1.807) is 16.7 Å². The first-order valence-electron chi connectivity index (χ1n) is 12.5. The molecule has 4 aliphatic rings. The lowest BCUT2D eigenvalue weighted by molar-refractivity contribution is -0.149. The van der Waals surface area contributed by atoms with E-state index < -0.39 is 35.6 Å². The molecule has 4 heterocycles. The van der Waals surface area contributed by atoms with Gasteiger partial charge in [0.2, 0.25) is 17.7 Å². The minimum atomic E-state index is -1.26. The van der Waals surface area contributed by atoms with Gasteiger partial charge in [0, 0.05) is 25.3 Å². The van der Waals surface area contributed by atoms with E-state index in [1.807, 2.05) is 54.6 Å². The molecule has 0 radical (unpaired) electrons. The highest BCUT2D eigenvalue weighted by molar-refractivity contribution is 6.03. The molecule has 3 amide bonds. The highest BCUT2D eigenvalue weighted by Gasteiger charge is 2.72. The van der Waals surface area contributed by atoms with Gasteiger partial charge in [-0.2, -0.15) is 0 Å². The van der Waals surface area contributed by atoms with Crippen molar-refractivity contribution in [3.8, 4) is 0 Å². The predicted molar refractivity (Wildman–Crippen MR) is 130 cm³/mol. The van der Waals surface area contributed by atoms with Crippen LogP contribution in [0.15, 0.2) is 54.6 Å². The van der Waals surface area contributed by atoms with Crippen LogP contribution >= 0.6 is 0 Å². The molecular weight excluding hydrogens is 446 g/mol. The molecule has 8 heteroatoms. The van der Waals surface area contributed by atoms with E-state index in [2.05, 4.69) is 6.92 Å². The van der Waals surface area contributed by atoms with Gasteiger partial charge >= 0.3 is 0 Å². The van der Waals surface area contributed by atoms with Crippen molar-refractivity contribution in [1.29, 1.82) is 0 Å². The largest absolute Gasteiger partial charge is 0.394 e. The quantitative estimate of drug-likeness (QED) is 0.628. The van der Waals surface area contributed by atoms with Crippen LogP contribution < -0.4 is 4.90 Å². The van der Waals surface area contributed by atoms with Crippen LogP contribution in [0, 0.1) is 11.8 Å². The first-order chi connectivity index (χ1) is 16.9. The molecule has 1 aromatic carbocycles. The fourth-order valence-electron chi connectivity index (χ4n) is 6.08. The van der Waals surface area contributed by atoms with E-state index >= 15 is 0 Å². The molecule has 0 bridgehead atoms. The minimum absolute atomic E-state index is 0.188. The van der Waals surface area contributed by atoms with Crippen LogP contribution in [-0.4, -0.2) is 82.7 Å². The molecule has 1 N–H and O–H groups in total. The molecule has 0 aliphatic carbocycles. The number of para-hydroxylation sites is 1. The number of likely N-dealkylation sites (tertiary alicyclic amines) is 1. The van der Waals surface area contributed by atoms with Gasteiger partial charge in [-0.1, -0.05) is 55.8 Å². The Morgan fingerprint density at radius 3 is 2.57 bits per heavy atom. The molecule has 0 saturated carbocycles. The topological polar surface area (TPSA) is 90.4 Å². The number of rotatable bonds is 6. The molecule has 35 heavy (non-hydrogen) atoms. The summed E-state index contributed by atoms with van der Waals surface area (Å²) in [5.74, 6) is -2.30. The fourth-order valence-corrected chi connectivity index (χ4v) is 6.08. The van der Waals surface area contributed by atoms with Crippen LogP contribution in [0.3, 0.4) is 0 Å². The first-order valence-corrected chi connectivity index (χ1v) is 12.5. The third-order valence-corrected chi connectivity index (χ3v) is 7.77. The van der Waals surface area contributed by atoms with Crippen LogP contribution in [0.2, 0.25) is 0 Å². The van der Waals surface area contributed by atoms with Crippen molar-refractivity contribution in [2.75, 3.05) is 31.1 Å². The van der Waals surface area contributed by atoms with Gasteiger partial charge in [0.15, 0.2) is 0 Å². The second-order valence-corrected chi connectivity index (χ2v) is 9.87. The highest BCUT2D eigenvalue weighted by atomic mass is 16.5. The standard InChI is InChI=1S/C27H33N3O5/c1-3-4-14-28-15-9-13-27-22(25(33)30(18(2)17-31)23(27)26(28)34)21-20(35-27)12-8-16-29(24(21)32)19-10-6-5-7-11-19/h5-13,18,20-23,31H,3-4,14-17H2,1-2H3/t18-,20+,21-,22+,23?,27+/m1/s1. The van der Waals surface area contributed by atoms with Crippen molar-refractivity contribution < 1.29 is 24.2 Å². The zero-order chi connectivity index (χ0) is 24.7. The molecule has 1 aromatic rings. The summed E-state index contributed by atoms with van der Waals surface area (Å²) < 4.78 is 6.60. The zero-order valence-corrected chi connectivity index (χ0v) is 20.2. The summed E-state index contributed by atoms with van der Waals surface area (Å²) in [6, 6.07) is 7.89. The lowest BCUT2D eigenvalue weighted by Gasteiger charge is -2.37. The van der Waals surface area contributed by atoms with Crippen LogP contribution in [-0.2, 0) is 19.1 Å². The number of benzene rings is 1. The van der Waals surface area contributed by atoms with Gasteiger partial charge < -0.3 is 24.5 Å². The molecule has 0 aromatic heterocycles. The Balaban J connectivity index is 1.59. The Kier molecular flexibility index (Phi) is 6.27. The zero-order valence-electron chi connectivity index (χ0n) is 20.2. The Morgan fingerprint density at radius 1 is 1.09 bits per heavy atom. The average Bonchev–Trinajstić information content (AvgIpc) is 3.19.